The Labute approximate surface area is 184 Å². The van der Waals surface area contributed by atoms with Crippen LogP contribution in [0.2, 0.25) is 10.0 Å². The minimum Gasteiger partial charge on any atom is -0.480 e. The first-order chi connectivity index (χ1) is 13.8. The van der Waals surface area contributed by atoms with Crippen LogP contribution < -0.4 is 11.1 Å². The fourth-order valence-electron chi connectivity index (χ4n) is 4.38. The highest BCUT2D eigenvalue weighted by atomic mass is 35.5. The third-order valence-corrected chi connectivity index (χ3v) is 6.05. The summed E-state index contributed by atoms with van der Waals surface area (Å²) in [5, 5.41) is 13.4. The van der Waals surface area contributed by atoms with Gasteiger partial charge in [-0.3, -0.25) is 10.1 Å². The first-order valence-electron chi connectivity index (χ1n) is 9.53. The molecule has 1 aliphatic rings. The van der Waals surface area contributed by atoms with Crippen LogP contribution in [-0.2, 0) is 10.3 Å². The van der Waals surface area contributed by atoms with Crippen molar-refractivity contribution in [2.75, 3.05) is 0 Å². The standard InChI is InChI=1S/C22H24Cl2F2N2O2/c1-21(2,3)10-17-22(27,14-6-4-12(24)9-16(14)26)18(19(28-17)20(29)30)13-8-11(23)5-7-15(13)25/h4-9,17-19,28H,10,27H2,1-3H3,(H,29,30)/t17-,18-,19?,22+/m0/s1. The minimum atomic E-state index is -1.57. The largest absolute Gasteiger partial charge is 0.480 e. The van der Waals surface area contributed by atoms with Gasteiger partial charge in [0.15, 0.2) is 0 Å². The number of carboxylic acid groups (broad SMARTS) is 1. The molecule has 2 aromatic carbocycles. The molecular formula is C22H24Cl2F2N2O2. The number of benzene rings is 2. The number of hydrogen-bond donors (Lipinski definition) is 3. The second-order valence-corrected chi connectivity index (χ2v) is 9.87. The summed E-state index contributed by atoms with van der Waals surface area (Å²) in [5.74, 6) is -3.65. The molecule has 1 unspecified atom stereocenters. The molecule has 0 bridgehead atoms. The van der Waals surface area contributed by atoms with Crippen molar-refractivity contribution in [3.8, 4) is 0 Å². The molecule has 0 saturated carbocycles. The number of aliphatic carboxylic acids is 1. The average molecular weight is 457 g/mol. The summed E-state index contributed by atoms with van der Waals surface area (Å²) in [4.78, 5) is 12.2. The molecule has 1 heterocycles. The Balaban J connectivity index is 2.30. The summed E-state index contributed by atoms with van der Waals surface area (Å²) in [6.45, 7) is 5.91. The van der Waals surface area contributed by atoms with Crippen LogP contribution in [0.25, 0.3) is 0 Å². The van der Waals surface area contributed by atoms with Crippen LogP contribution in [0.4, 0.5) is 8.78 Å². The van der Waals surface area contributed by atoms with E-state index in [4.69, 9.17) is 28.9 Å². The lowest BCUT2D eigenvalue weighted by Gasteiger charge is -2.39. The van der Waals surface area contributed by atoms with E-state index in [1.165, 1.54) is 24.3 Å². The molecule has 2 aromatic rings. The maximum absolute atomic E-state index is 15.1. The number of nitrogens with two attached hydrogens (primary N) is 1. The van der Waals surface area contributed by atoms with Crippen molar-refractivity contribution in [3.63, 3.8) is 0 Å². The second kappa shape index (κ2) is 8.08. The smallest absolute Gasteiger partial charge is 0.321 e. The molecule has 3 rings (SSSR count). The highest BCUT2D eigenvalue weighted by molar-refractivity contribution is 6.30. The van der Waals surface area contributed by atoms with Gasteiger partial charge in [0.1, 0.15) is 17.7 Å². The molecule has 0 spiro atoms. The Kier molecular flexibility index (Phi) is 6.18. The number of hydrogen-bond acceptors (Lipinski definition) is 3. The van der Waals surface area contributed by atoms with Crippen molar-refractivity contribution in [2.45, 2.75) is 50.7 Å². The minimum absolute atomic E-state index is 0.0238. The van der Waals surface area contributed by atoms with Crippen LogP contribution >= 0.6 is 23.2 Å². The van der Waals surface area contributed by atoms with Crippen molar-refractivity contribution in [1.29, 1.82) is 0 Å². The van der Waals surface area contributed by atoms with E-state index >= 15 is 4.39 Å². The van der Waals surface area contributed by atoms with Crippen LogP contribution in [0.5, 0.6) is 0 Å². The van der Waals surface area contributed by atoms with Crippen LogP contribution in [0.15, 0.2) is 36.4 Å². The van der Waals surface area contributed by atoms with E-state index in [2.05, 4.69) is 5.32 Å². The van der Waals surface area contributed by atoms with Gasteiger partial charge in [0.05, 0.1) is 5.54 Å². The molecule has 8 heteroatoms. The third-order valence-electron chi connectivity index (χ3n) is 5.58. The molecule has 4 atom stereocenters. The van der Waals surface area contributed by atoms with Gasteiger partial charge in [0, 0.05) is 27.6 Å². The van der Waals surface area contributed by atoms with Gasteiger partial charge >= 0.3 is 5.97 Å². The van der Waals surface area contributed by atoms with E-state index in [0.29, 0.717) is 6.42 Å². The predicted octanol–water partition coefficient (Wildman–Crippen LogP) is 5.07. The van der Waals surface area contributed by atoms with Gasteiger partial charge in [-0.05, 0) is 47.7 Å². The Morgan fingerprint density at radius 1 is 1.13 bits per heavy atom. The topological polar surface area (TPSA) is 75.3 Å². The zero-order chi connectivity index (χ0) is 22.4. The van der Waals surface area contributed by atoms with E-state index in [1.807, 2.05) is 20.8 Å². The van der Waals surface area contributed by atoms with Gasteiger partial charge < -0.3 is 10.8 Å². The van der Waals surface area contributed by atoms with Gasteiger partial charge in [-0.1, -0.05) is 50.0 Å². The van der Waals surface area contributed by atoms with Crippen molar-refractivity contribution < 1.29 is 18.7 Å². The Morgan fingerprint density at radius 2 is 1.73 bits per heavy atom. The van der Waals surface area contributed by atoms with Crippen LogP contribution in [-0.4, -0.2) is 23.2 Å². The normalized spacial score (nSPS) is 26.7. The second-order valence-electron chi connectivity index (χ2n) is 9.00. The Morgan fingerprint density at radius 3 is 2.30 bits per heavy atom. The van der Waals surface area contributed by atoms with Gasteiger partial charge in [0.25, 0.3) is 0 Å². The lowest BCUT2D eigenvalue weighted by atomic mass is 9.68. The van der Waals surface area contributed by atoms with Crippen LogP contribution in [0, 0.1) is 17.0 Å². The van der Waals surface area contributed by atoms with E-state index in [9.17, 15) is 14.3 Å². The number of rotatable bonds is 4. The quantitative estimate of drug-likeness (QED) is 0.599. The van der Waals surface area contributed by atoms with Gasteiger partial charge in [-0.2, -0.15) is 0 Å². The fraction of sp³-hybridized carbons (Fsp3) is 0.409. The molecule has 4 nitrogen and oxygen atoms in total. The Hall–Kier alpha value is -1.73. The number of carbonyl (C=O) groups is 1. The monoisotopic (exact) mass is 456 g/mol. The van der Waals surface area contributed by atoms with Gasteiger partial charge in [0.2, 0.25) is 0 Å². The summed E-state index contributed by atoms with van der Waals surface area (Å²) in [5.41, 5.74) is 5.14. The van der Waals surface area contributed by atoms with Crippen molar-refractivity contribution >= 4 is 29.2 Å². The third kappa shape index (κ3) is 4.19. The maximum atomic E-state index is 15.1. The summed E-state index contributed by atoms with van der Waals surface area (Å²) in [7, 11) is 0. The molecule has 162 valence electrons. The molecule has 1 aliphatic heterocycles. The van der Waals surface area contributed by atoms with E-state index in [-0.39, 0.29) is 26.6 Å². The molecule has 0 amide bonds. The zero-order valence-corrected chi connectivity index (χ0v) is 18.4. The van der Waals surface area contributed by atoms with Gasteiger partial charge in [-0.25, -0.2) is 8.78 Å². The van der Waals surface area contributed by atoms with Crippen LogP contribution in [0.3, 0.4) is 0 Å². The van der Waals surface area contributed by atoms with E-state index in [0.717, 1.165) is 12.1 Å². The zero-order valence-electron chi connectivity index (χ0n) is 16.8. The molecule has 1 saturated heterocycles. The lowest BCUT2D eigenvalue weighted by molar-refractivity contribution is -0.139. The molecule has 0 aromatic heterocycles. The fourth-order valence-corrected chi connectivity index (χ4v) is 4.72. The van der Waals surface area contributed by atoms with Gasteiger partial charge in [-0.15, -0.1) is 0 Å². The Bertz CT molecular complexity index is 980. The van der Waals surface area contributed by atoms with Crippen LogP contribution in [0.1, 0.15) is 44.2 Å². The van der Waals surface area contributed by atoms with Crippen molar-refractivity contribution in [2.24, 2.45) is 11.1 Å². The first kappa shape index (κ1) is 22.9. The SMILES string of the molecule is CC(C)(C)C[C@@H]1NC(C(=O)O)[C@H](c2cc(Cl)ccc2F)[C@@]1(N)c1ccc(Cl)cc1F. The number of carboxylic acids is 1. The summed E-state index contributed by atoms with van der Waals surface area (Å²) >= 11 is 12.0. The molecular weight excluding hydrogens is 433 g/mol. The van der Waals surface area contributed by atoms with Crippen molar-refractivity contribution in [3.05, 3.63) is 69.2 Å². The number of nitrogens with one attached hydrogen (secondary N) is 1. The van der Waals surface area contributed by atoms with Crippen molar-refractivity contribution in [1.82, 2.24) is 5.32 Å². The van der Waals surface area contributed by atoms with E-state index < -0.39 is 41.1 Å². The lowest BCUT2D eigenvalue weighted by Crippen LogP contribution is -2.52. The molecule has 1 fully saturated rings. The highest BCUT2D eigenvalue weighted by Gasteiger charge is 2.58. The number of halogens is 4. The molecule has 4 N–H and O–H groups in total. The van der Waals surface area contributed by atoms with E-state index in [1.54, 1.807) is 0 Å². The molecule has 0 aliphatic carbocycles. The summed E-state index contributed by atoms with van der Waals surface area (Å²) < 4.78 is 30.0. The highest BCUT2D eigenvalue weighted by Crippen LogP contribution is 2.49. The summed E-state index contributed by atoms with van der Waals surface area (Å²) in [6.07, 6.45) is 0.425. The predicted molar refractivity (Wildman–Crippen MR) is 114 cm³/mol. The molecule has 30 heavy (non-hydrogen) atoms. The first-order valence-corrected chi connectivity index (χ1v) is 10.3. The molecule has 0 radical (unpaired) electrons. The maximum Gasteiger partial charge on any atom is 0.321 e. The summed E-state index contributed by atoms with van der Waals surface area (Å²) in [6, 6.07) is 6.03. The average Bonchev–Trinajstić information content (AvgIpc) is 2.89.